The summed E-state index contributed by atoms with van der Waals surface area (Å²) in [5.74, 6) is -0.0901. The molecular weight excluding hydrogens is 312 g/mol. The highest BCUT2D eigenvalue weighted by atomic mass is 35.5. The molecule has 0 aromatic heterocycles. The van der Waals surface area contributed by atoms with Crippen LogP contribution < -0.4 is 10.2 Å². The molecule has 0 aliphatic carbocycles. The van der Waals surface area contributed by atoms with E-state index in [0.717, 1.165) is 23.2 Å². The Morgan fingerprint density at radius 1 is 1.17 bits per heavy atom. The Morgan fingerprint density at radius 2 is 1.91 bits per heavy atom. The lowest BCUT2D eigenvalue weighted by Crippen LogP contribution is -2.26. The molecular formula is C18H17ClN2O2. The first kappa shape index (κ1) is 15.6. The second kappa shape index (κ2) is 6.42. The van der Waals surface area contributed by atoms with E-state index < -0.39 is 0 Å². The number of rotatable bonds is 3. The quantitative estimate of drug-likeness (QED) is 0.940. The van der Waals surface area contributed by atoms with E-state index >= 15 is 0 Å². The fraction of sp³-hybridized carbons (Fsp3) is 0.222. The molecule has 0 saturated carbocycles. The second-order valence-electron chi connectivity index (χ2n) is 5.57. The molecule has 0 radical (unpaired) electrons. The van der Waals surface area contributed by atoms with Gasteiger partial charge in [-0.2, -0.15) is 0 Å². The van der Waals surface area contributed by atoms with Gasteiger partial charge in [0.1, 0.15) is 0 Å². The predicted octanol–water partition coefficient (Wildman–Crippen LogP) is 3.18. The average molecular weight is 329 g/mol. The highest BCUT2D eigenvalue weighted by Crippen LogP contribution is 2.28. The van der Waals surface area contributed by atoms with Gasteiger partial charge in [-0.25, -0.2) is 0 Å². The van der Waals surface area contributed by atoms with E-state index in [1.54, 1.807) is 30.0 Å². The first-order valence-electron chi connectivity index (χ1n) is 7.48. The summed E-state index contributed by atoms with van der Waals surface area (Å²) in [5, 5.41) is 3.57. The van der Waals surface area contributed by atoms with Crippen molar-refractivity contribution in [3.63, 3.8) is 0 Å². The largest absolute Gasteiger partial charge is 0.348 e. The summed E-state index contributed by atoms with van der Waals surface area (Å²) in [6.07, 6.45) is 0.785. The summed E-state index contributed by atoms with van der Waals surface area (Å²) < 4.78 is 0. The average Bonchev–Trinajstić information content (AvgIpc) is 2.97. The van der Waals surface area contributed by atoms with Crippen molar-refractivity contribution in [3.05, 3.63) is 64.2 Å². The van der Waals surface area contributed by atoms with Gasteiger partial charge in [0.05, 0.1) is 0 Å². The zero-order valence-electron chi connectivity index (χ0n) is 12.8. The van der Waals surface area contributed by atoms with Crippen LogP contribution >= 0.6 is 11.6 Å². The third kappa shape index (κ3) is 3.37. The molecule has 2 aromatic rings. The Morgan fingerprint density at radius 3 is 2.61 bits per heavy atom. The van der Waals surface area contributed by atoms with E-state index in [2.05, 4.69) is 5.32 Å². The van der Waals surface area contributed by atoms with E-state index in [9.17, 15) is 9.59 Å². The van der Waals surface area contributed by atoms with Crippen molar-refractivity contribution < 1.29 is 9.59 Å². The normalized spacial score (nSPS) is 12.9. The fourth-order valence-corrected chi connectivity index (χ4v) is 2.88. The van der Waals surface area contributed by atoms with Crippen LogP contribution in [0.1, 0.15) is 28.4 Å². The highest BCUT2D eigenvalue weighted by Gasteiger charge is 2.23. The number of fused-ring (bicyclic) bond motifs is 1. The summed E-state index contributed by atoms with van der Waals surface area (Å²) >= 11 is 5.84. The van der Waals surface area contributed by atoms with Crippen LogP contribution in [-0.2, 0) is 17.8 Å². The highest BCUT2D eigenvalue weighted by molar-refractivity contribution is 6.30. The molecule has 5 heteroatoms. The molecule has 1 aliphatic heterocycles. The van der Waals surface area contributed by atoms with Crippen LogP contribution in [0.3, 0.4) is 0 Å². The monoisotopic (exact) mass is 328 g/mol. The van der Waals surface area contributed by atoms with Crippen LogP contribution in [0.2, 0.25) is 5.02 Å². The van der Waals surface area contributed by atoms with Crippen molar-refractivity contribution in [1.82, 2.24) is 5.32 Å². The Hall–Kier alpha value is -2.33. The molecule has 23 heavy (non-hydrogen) atoms. The van der Waals surface area contributed by atoms with Gasteiger partial charge < -0.3 is 10.2 Å². The topological polar surface area (TPSA) is 49.4 Å². The number of anilines is 1. The summed E-state index contributed by atoms with van der Waals surface area (Å²) in [6, 6.07) is 12.9. The molecule has 4 nitrogen and oxygen atoms in total. The molecule has 118 valence electrons. The number of amides is 2. The third-order valence-corrected chi connectivity index (χ3v) is 4.24. The fourth-order valence-electron chi connectivity index (χ4n) is 2.76. The lowest BCUT2D eigenvalue weighted by Gasteiger charge is -2.14. The molecule has 0 unspecified atom stereocenters. The predicted molar refractivity (Wildman–Crippen MR) is 90.8 cm³/mol. The SMILES string of the molecule is CC(=O)N1CCc2cc(C(=O)NCc3ccc(Cl)cc3)ccc21. The molecule has 2 amide bonds. The summed E-state index contributed by atoms with van der Waals surface area (Å²) in [6.45, 7) is 2.69. The zero-order chi connectivity index (χ0) is 16.4. The zero-order valence-corrected chi connectivity index (χ0v) is 13.6. The second-order valence-corrected chi connectivity index (χ2v) is 6.01. The molecule has 0 bridgehead atoms. The summed E-state index contributed by atoms with van der Waals surface area (Å²) in [5.41, 5.74) is 3.56. The van der Waals surface area contributed by atoms with E-state index in [0.29, 0.717) is 23.7 Å². The van der Waals surface area contributed by atoms with Gasteiger partial charge in [0.25, 0.3) is 5.91 Å². The number of nitrogens with zero attached hydrogens (tertiary/aromatic N) is 1. The van der Waals surface area contributed by atoms with Gasteiger partial charge in [0, 0.05) is 36.3 Å². The lowest BCUT2D eigenvalue weighted by molar-refractivity contribution is -0.116. The number of carbonyl (C=O) groups excluding carboxylic acids is 2. The van der Waals surface area contributed by atoms with Gasteiger partial charge in [0.15, 0.2) is 0 Å². The number of halogens is 1. The molecule has 1 heterocycles. The van der Waals surface area contributed by atoms with E-state index in [-0.39, 0.29) is 11.8 Å². The van der Waals surface area contributed by atoms with E-state index in [4.69, 9.17) is 11.6 Å². The number of carbonyl (C=O) groups is 2. The van der Waals surface area contributed by atoms with Gasteiger partial charge in [-0.3, -0.25) is 9.59 Å². The molecule has 1 N–H and O–H groups in total. The number of benzene rings is 2. The maximum absolute atomic E-state index is 12.3. The lowest BCUT2D eigenvalue weighted by atomic mass is 10.1. The molecule has 0 spiro atoms. The first-order chi connectivity index (χ1) is 11.0. The van der Waals surface area contributed by atoms with Crippen LogP contribution in [0.25, 0.3) is 0 Å². The molecule has 0 atom stereocenters. The van der Waals surface area contributed by atoms with Crippen molar-refractivity contribution >= 4 is 29.1 Å². The van der Waals surface area contributed by atoms with Crippen LogP contribution in [0, 0.1) is 0 Å². The third-order valence-electron chi connectivity index (χ3n) is 3.98. The number of nitrogens with one attached hydrogen (secondary N) is 1. The van der Waals surface area contributed by atoms with Crippen molar-refractivity contribution in [2.24, 2.45) is 0 Å². The van der Waals surface area contributed by atoms with Crippen molar-refractivity contribution in [1.29, 1.82) is 0 Å². The maximum atomic E-state index is 12.3. The van der Waals surface area contributed by atoms with E-state index in [1.807, 2.05) is 24.3 Å². The Kier molecular flexibility index (Phi) is 4.35. The minimum Gasteiger partial charge on any atom is -0.348 e. The van der Waals surface area contributed by atoms with Crippen molar-refractivity contribution in [2.45, 2.75) is 19.9 Å². The Labute approximate surface area is 140 Å². The van der Waals surface area contributed by atoms with Crippen LogP contribution in [-0.4, -0.2) is 18.4 Å². The van der Waals surface area contributed by atoms with Crippen molar-refractivity contribution in [2.75, 3.05) is 11.4 Å². The minimum absolute atomic E-state index is 0.0312. The standard InChI is InChI=1S/C18H17ClN2O2/c1-12(22)21-9-8-14-10-15(4-7-17(14)21)18(23)20-11-13-2-5-16(19)6-3-13/h2-7,10H,8-9,11H2,1H3,(H,20,23). The number of hydrogen-bond donors (Lipinski definition) is 1. The maximum Gasteiger partial charge on any atom is 0.251 e. The van der Waals surface area contributed by atoms with Crippen LogP contribution in [0.15, 0.2) is 42.5 Å². The molecule has 2 aromatic carbocycles. The van der Waals surface area contributed by atoms with Gasteiger partial charge >= 0.3 is 0 Å². The number of hydrogen-bond acceptors (Lipinski definition) is 2. The van der Waals surface area contributed by atoms with Crippen molar-refractivity contribution in [3.8, 4) is 0 Å². The molecule has 3 rings (SSSR count). The molecule has 1 aliphatic rings. The molecule has 0 saturated heterocycles. The first-order valence-corrected chi connectivity index (χ1v) is 7.86. The van der Waals surface area contributed by atoms with Crippen LogP contribution in [0.5, 0.6) is 0 Å². The summed E-state index contributed by atoms with van der Waals surface area (Å²) in [7, 11) is 0. The van der Waals surface area contributed by atoms with Crippen LogP contribution in [0.4, 0.5) is 5.69 Å². The smallest absolute Gasteiger partial charge is 0.251 e. The van der Waals surface area contributed by atoms with Gasteiger partial charge in [-0.15, -0.1) is 0 Å². The summed E-state index contributed by atoms with van der Waals surface area (Å²) in [4.78, 5) is 25.6. The Balaban J connectivity index is 1.69. The van der Waals surface area contributed by atoms with E-state index in [1.165, 1.54) is 0 Å². The Bertz CT molecular complexity index is 756. The minimum atomic E-state index is -0.121. The van der Waals surface area contributed by atoms with Gasteiger partial charge in [-0.1, -0.05) is 23.7 Å². The van der Waals surface area contributed by atoms with Gasteiger partial charge in [0.2, 0.25) is 5.91 Å². The molecule has 0 fully saturated rings. The van der Waals surface area contributed by atoms with Gasteiger partial charge in [-0.05, 0) is 47.9 Å².